The van der Waals surface area contributed by atoms with Gasteiger partial charge in [-0.2, -0.15) is 4.98 Å². The number of carbonyl (C=O) groups excluding carboxylic acids is 2. The van der Waals surface area contributed by atoms with E-state index in [-0.39, 0.29) is 29.4 Å². The number of nitrogen functional groups attached to an aromatic ring is 1. The first-order valence-corrected chi connectivity index (χ1v) is 10.3. The summed E-state index contributed by atoms with van der Waals surface area (Å²) in [5, 5.41) is 23.7. The van der Waals surface area contributed by atoms with Gasteiger partial charge in [-0.3, -0.25) is 19.4 Å². The molecule has 14 heteroatoms. The molecule has 14 nitrogen and oxygen atoms in total. The Bertz CT molecular complexity index is 1200. The van der Waals surface area contributed by atoms with Crippen LogP contribution in [0.15, 0.2) is 23.1 Å². The van der Waals surface area contributed by atoms with Crippen LogP contribution in [0, 0.1) is 11.8 Å². The minimum absolute atomic E-state index is 0.0521. The maximum Gasteiger partial charge on any atom is 0.326 e. The molecule has 2 heterocycles. The Hall–Kier alpha value is -4.20. The first kappa shape index (κ1) is 24.4. The predicted octanol–water partition coefficient (Wildman–Crippen LogP) is -1.42. The number of hydrogen-bond donors (Lipinski definition) is 6. The molecule has 0 bridgehead atoms. The lowest BCUT2D eigenvalue weighted by atomic mass is 9.91. The zero-order valence-corrected chi connectivity index (χ0v) is 17.8. The topological polar surface area (TPSA) is 230 Å². The molecule has 2 aromatic heterocycles. The van der Waals surface area contributed by atoms with Gasteiger partial charge in [0.25, 0.3) is 5.56 Å². The maximum atomic E-state index is 12.5. The van der Waals surface area contributed by atoms with Crippen LogP contribution in [0.25, 0.3) is 11.2 Å². The summed E-state index contributed by atoms with van der Waals surface area (Å²) < 4.78 is 0. The molecule has 0 fully saturated rings. The number of carbonyl (C=O) groups is 4. The highest BCUT2D eigenvalue weighted by Crippen LogP contribution is 2.19. The van der Waals surface area contributed by atoms with Gasteiger partial charge in [0.2, 0.25) is 11.9 Å². The van der Waals surface area contributed by atoms with Crippen molar-refractivity contribution in [2.24, 2.45) is 11.8 Å². The van der Waals surface area contributed by atoms with E-state index in [2.05, 4.69) is 30.6 Å². The number of hydrogen-bond acceptors (Lipinski definition) is 10. The number of aromatic nitrogens is 4. The summed E-state index contributed by atoms with van der Waals surface area (Å²) in [7, 11) is 0. The fourth-order valence-corrected chi connectivity index (χ4v) is 3.47. The SMILES string of the molecule is Nc1nc2ncc(CNC3C=CC(C(=O)NC(CC(C=O)C(=O)O)C(=O)O)CC3)nc2c(=O)[nH]1. The second kappa shape index (κ2) is 10.6. The molecule has 4 unspecified atom stereocenters. The lowest BCUT2D eigenvalue weighted by molar-refractivity contribution is -0.147. The van der Waals surface area contributed by atoms with E-state index in [1.54, 1.807) is 12.2 Å². The average Bonchev–Trinajstić information content (AvgIpc) is 2.80. The lowest BCUT2D eigenvalue weighted by Gasteiger charge is -2.25. The molecule has 0 aliphatic heterocycles. The van der Waals surface area contributed by atoms with Gasteiger partial charge in [0.05, 0.1) is 17.8 Å². The number of aldehydes is 1. The number of nitrogens with zero attached hydrogens (tertiary/aromatic N) is 3. The van der Waals surface area contributed by atoms with Gasteiger partial charge in [0, 0.05) is 12.6 Å². The van der Waals surface area contributed by atoms with Crippen LogP contribution < -0.4 is 21.9 Å². The zero-order chi connectivity index (χ0) is 24.8. The van der Waals surface area contributed by atoms with Gasteiger partial charge < -0.3 is 31.4 Å². The van der Waals surface area contributed by atoms with Crippen molar-refractivity contribution in [3.63, 3.8) is 0 Å². The van der Waals surface area contributed by atoms with Crippen molar-refractivity contribution in [3.8, 4) is 0 Å². The third-order valence-electron chi connectivity index (χ3n) is 5.32. The van der Waals surface area contributed by atoms with E-state index in [9.17, 15) is 29.1 Å². The molecule has 0 aromatic carbocycles. The second-order valence-corrected chi connectivity index (χ2v) is 7.76. The third-order valence-corrected chi connectivity index (χ3v) is 5.32. The highest BCUT2D eigenvalue weighted by atomic mass is 16.4. The molecule has 34 heavy (non-hydrogen) atoms. The summed E-state index contributed by atoms with van der Waals surface area (Å²) in [6.45, 7) is 0.294. The van der Waals surface area contributed by atoms with E-state index >= 15 is 0 Å². The molecule has 3 rings (SSSR count). The number of carboxylic acids is 2. The smallest absolute Gasteiger partial charge is 0.326 e. The van der Waals surface area contributed by atoms with Crippen molar-refractivity contribution < 1.29 is 29.4 Å². The van der Waals surface area contributed by atoms with Gasteiger partial charge in [0.1, 0.15) is 18.2 Å². The standard InChI is InChI=1S/C20H23N7O7/c21-20-26-15-14(17(30)27-20)24-12(7-23-15)6-22-11-3-1-9(2-4-11)16(29)25-13(19(33)34)5-10(8-28)18(31)32/h1,3,7-11,13,22H,2,4-6H2,(H,25,29)(H,31,32)(H,33,34)(H3,21,23,26,27,30). The summed E-state index contributed by atoms with van der Waals surface area (Å²) in [4.78, 5) is 72.2. The van der Waals surface area contributed by atoms with Crippen molar-refractivity contribution in [1.82, 2.24) is 30.6 Å². The van der Waals surface area contributed by atoms with Crippen molar-refractivity contribution in [1.29, 1.82) is 0 Å². The Morgan fingerprint density at radius 3 is 2.59 bits per heavy atom. The van der Waals surface area contributed by atoms with Gasteiger partial charge in [-0.25, -0.2) is 14.8 Å². The molecule has 0 saturated carbocycles. The van der Waals surface area contributed by atoms with Gasteiger partial charge in [-0.05, 0) is 19.3 Å². The predicted molar refractivity (Wildman–Crippen MR) is 116 cm³/mol. The molecule has 2 aromatic rings. The Balaban J connectivity index is 1.56. The van der Waals surface area contributed by atoms with Crippen LogP contribution in [0.1, 0.15) is 25.0 Å². The molecule has 4 atom stereocenters. The van der Waals surface area contributed by atoms with E-state index in [1.807, 2.05) is 0 Å². The van der Waals surface area contributed by atoms with Crippen LogP contribution in [-0.2, 0) is 25.7 Å². The van der Waals surface area contributed by atoms with Crippen LogP contribution in [0.5, 0.6) is 0 Å². The van der Waals surface area contributed by atoms with Crippen LogP contribution in [0.4, 0.5) is 5.95 Å². The van der Waals surface area contributed by atoms with Gasteiger partial charge in [0.15, 0.2) is 11.2 Å². The third kappa shape index (κ3) is 5.98. The first-order chi connectivity index (χ1) is 16.2. The number of amides is 1. The highest BCUT2D eigenvalue weighted by Gasteiger charge is 2.30. The summed E-state index contributed by atoms with van der Waals surface area (Å²) in [6.07, 6.45) is 5.43. The Kier molecular flexibility index (Phi) is 7.63. The number of anilines is 1. The minimum atomic E-state index is -1.53. The van der Waals surface area contributed by atoms with Crippen LogP contribution >= 0.6 is 0 Å². The first-order valence-electron chi connectivity index (χ1n) is 10.3. The van der Waals surface area contributed by atoms with Gasteiger partial charge in [-0.15, -0.1) is 0 Å². The molecule has 0 radical (unpaired) electrons. The molecule has 7 N–H and O–H groups in total. The van der Waals surface area contributed by atoms with E-state index in [0.717, 1.165) is 0 Å². The molecule has 1 aliphatic carbocycles. The van der Waals surface area contributed by atoms with Gasteiger partial charge in [-0.1, -0.05) is 12.2 Å². The molecule has 1 aliphatic rings. The van der Waals surface area contributed by atoms with Crippen molar-refractivity contribution in [2.75, 3.05) is 5.73 Å². The monoisotopic (exact) mass is 473 g/mol. The summed E-state index contributed by atoms with van der Waals surface area (Å²) in [6, 6.07) is -1.60. The normalized spacial score (nSPS) is 19.3. The number of aliphatic carboxylic acids is 2. The van der Waals surface area contributed by atoms with Crippen LogP contribution in [0.2, 0.25) is 0 Å². The minimum Gasteiger partial charge on any atom is -0.481 e. The Labute approximate surface area is 191 Å². The summed E-state index contributed by atoms with van der Waals surface area (Å²) in [5.74, 6) is -5.63. The molecule has 180 valence electrons. The number of fused-ring (bicyclic) bond motifs is 1. The van der Waals surface area contributed by atoms with Crippen molar-refractivity contribution >= 4 is 41.2 Å². The number of carboxylic acid groups (broad SMARTS) is 2. The van der Waals surface area contributed by atoms with E-state index in [4.69, 9.17) is 10.8 Å². The van der Waals surface area contributed by atoms with E-state index < -0.39 is 47.7 Å². The highest BCUT2D eigenvalue weighted by molar-refractivity contribution is 5.89. The summed E-state index contributed by atoms with van der Waals surface area (Å²) >= 11 is 0. The van der Waals surface area contributed by atoms with Gasteiger partial charge >= 0.3 is 11.9 Å². The Morgan fingerprint density at radius 1 is 1.21 bits per heavy atom. The lowest BCUT2D eigenvalue weighted by Crippen LogP contribution is -2.46. The number of H-pyrrole nitrogens is 1. The molecular weight excluding hydrogens is 450 g/mol. The summed E-state index contributed by atoms with van der Waals surface area (Å²) in [5.41, 5.74) is 5.70. The molecule has 0 spiro atoms. The van der Waals surface area contributed by atoms with Crippen molar-refractivity contribution in [3.05, 3.63) is 34.4 Å². The quantitative estimate of drug-likeness (QED) is 0.133. The van der Waals surface area contributed by atoms with Crippen LogP contribution in [-0.4, -0.2) is 66.4 Å². The fraction of sp³-hybridized carbons (Fsp3) is 0.400. The Morgan fingerprint density at radius 2 is 1.97 bits per heavy atom. The zero-order valence-electron chi connectivity index (χ0n) is 17.8. The van der Waals surface area contributed by atoms with E-state index in [0.29, 0.717) is 25.1 Å². The van der Waals surface area contributed by atoms with Crippen LogP contribution in [0.3, 0.4) is 0 Å². The number of rotatable bonds is 10. The molecular formula is C20H23N7O7. The molecule has 0 saturated heterocycles. The number of aromatic amines is 1. The molecule has 1 amide bonds. The van der Waals surface area contributed by atoms with E-state index in [1.165, 1.54) is 6.20 Å². The largest absolute Gasteiger partial charge is 0.481 e. The maximum absolute atomic E-state index is 12.5. The number of nitrogens with two attached hydrogens (primary N) is 1. The average molecular weight is 473 g/mol. The number of nitrogens with one attached hydrogen (secondary N) is 3. The second-order valence-electron chi connectivity index (χ2n) is 7.76. The fourth-order valence-electron chi connectivity index (χ4n) is 3.47. The van der Waals surface area contributed by atoms with Crippen molar-refractivity contribution in [2.45, 2.75) is 37.9 Å².